The van der Waals surface area contributed by atoms with Crippen molar-refractivity contribution in [3.05, 3.63) is 75.8 Å². The molecular weight excluding hydrogens is 506 g/mol. The first-order valence-electron chi connectivity index (χ1n) is 14.3. The zero-order valence-electron chi connectivity index (χ0n) is 22.8. The van der Waals surface area contributed by atoms with E-state index in [1.54, 1.807) is 22.6 Å². The van der Waals surface area contributed by atoms with Crippen molar-refractivity contribution in [3.8, 4) is 0 Å². The number of imidazole rings is 1. The summed E-state index contributed by atoms with van der Waals surface area (Å²) in [5, 5.41) is 3.85. The fourth-order valence-electron chi connectivity index (χ4n) is 6.24. The van der Waals surface area contributed by atoms with E-state index in [4.69, 9.17) is 4.74 Å². The van der Waals surface area contributed by atoms with Crippen LogP contribution in [0.5, 0.6) is 0 Å². The number of aryl methyl sites for hydroxylation is 2. The molecule has 0 saturated carbocycles. The average molecular weight is 542 g/mol. The van der Waals surface area contributed by atoms with E-state index in [-0.39, 0.29) is 24.4 Å². The van der Waals surface area contributed by atoms with E-state index in [1.807, 2.05) is 24.3 Å². The lowest BCUT2D eigenvalue weighted by Crippen LogP contribution is -2.51. The minimum atomic E-state index is -0.762. The van der Waals surface area contributed by atoms with Gasteiger partial charge in [-0.1, -0.05) is 36.4 Å². The van der Waals surface area contributed by atoms with Gasteiger partial charge in [0.2, 0.25) is 0 Å². The number of benzene rings is 2. The predicted octanol–water partition coefficient (Wildman–Crippen LogP) is 4.28. The van der Waals surface area contributed by atoms with Crippen molar-refractivity contribution in [1.82, 2.24) is 24.8 Å². The van der Waals surface area contributed by atoms with Gasteiger partial charge in [0.05, 0.1) is 29.4 Å². The van der Waals surface area contributed by atoms with Gasteiger partial charge in [-0.25, -0.2) is 14.4 Å². The van der Waals surface area contributed by atoms with Crippen LogP contribution in [-0.4, -0.2) is 57.2 Å². The quantitative estimate of drug-likeness (QED) is 0.354. The first-order chi connectivity index (χ1) is 19.5. The molecule has 9 nitrogen and oxygen atoms in total. The number of nitrogens with one attached hydrogen (secondary N) is 2. The maximum atomic E-state index is 13.3. The van der Waals surface area contributed by atoms with E-state index in [9.17, 15) is 14.4 Å². The topological polar surface area (TPSA) is 109 Å². The number of fused-ring (bicyclic) bond motifs is 4. The Morgan fingerprint density at radius 3 is 2.67 bits per heavy atom. The highest BCUT2D eigenvalue weighted by Gasteiger charge is 2.30. The molecule has 0 unspecified atom stereocenters. The van der Waals surface area contributed by atoms with Gasteiger partial charge >= 0.3 is 17.7 Å². The van der Waals surface area contributed by atoms with Gasteiger partial charge in [-0.05, 0) is 68.2 Å². The van der Waals surface area contributed by atoms with Crippen molar-refractivity contribution in [2.75, 3.05) is 19.7 Å². The highest BCUT2D eigenvalue weighted by Crippen LogP contribution is 2.28. The second kappa shape index (κ2) is 11.2. The molecule has 4 aromatic rings. The molecule has 40 heavy (non-hydrogen) atoms. The number of likely N-dealkylation sites (tertiary alicyclic amines) is 1. The van der Waals surface area contributed by atoms with Gasteiger partial charge in [-0.3, -0.25) is 9.55 Å². The third kappa shape index (κ3) is 5.08. The molecule has 1 aliphatic carbocycles. The second-order valence-electron chi connectivity index (χ2n) is 10.8. The maximum Gasteiger partial charge on any atom is 0.329 e. The molecule has 2 N–H and O–H groups in total. The molecule has 1 fully saturated rings. The van der Waals surface area contributed by atoms with Crippen LogP contribution in [0.3, 0.4) is 0 Å². The lowest BCUT2D eigenvalue weighted by atomic mass is 9.89. The summed E-state index contributed by atoms with van der Waals surface area (Å²) in [5.74, 6) is -0.423. The number of carbonyl (C=O) groups excluding carboxylic acids is 2. The smallest absolute Gasteiger partial charge is 0.329 e. The fraction of sp³-hybridized carbons (Fsp3) is 0.419. The normalized spacial score (nSPS) is 16.6. The Morgan fingerprint density at radius 1 is 1.10 bits per heavy atom. The molecular formula is C31H35N5O4. The molecule has 0 spiro atoms. The van der Waals surface area contributed by atoms with Crippen molar-refractivity contribution in [2.24, 2.45) is 0 Å². The minimum absolute atomic E-state index is 0.0513. The van der Waals surface area contributed by atoms with Gasteiger partial charge in [-0.2, -0.15) is 0 Å². The van der Waals surface area contributed by atoms with Crippen LogP contribution in [0.1, 0.15) is 55.3 Å². The number of nitrogens with zero attached hydrogens (tertiary/aromatic N) is 3. The molecule has 3 heterocycles. The molecule has 6 rings (SSSR count). The summed E-state index contributed by atoms with van der Waals surface area (Å²) < 4.78 is 7.09. The molecule has 2 aromatic carbocycles. The molecule has 2 amide bonds. The van der Waals surface area contributed by atoms with Gasteiger partial charge in [0.25, 0.3) is 0 Å². The van der Waals surface area contributed by atoms with Crippen molar-refractivity contribution >= 4 is 33.9 Å². The number of para-hydroxylation sites is 1. The molecule has 0 bridgehead atoms. The van der Waals surface area contributed by atoms with Crippen LogP contribution in [-0.2, 0) is 28.8 Å². The van der Waals surface area contributed by atoms with E-state index in [0.717, 1.165) is 40.3 Å². The number of aromatic amines is 1. The highest BCUT2D eigenvalue weighted by atomic mass is 16.5. The van der Waals surface area contributed by atoms with E-state index in [1.165, 1.54) is 24.0 Å². The maximum absolute atomic E-state index is 13.3. The number of pyridine rings is 1. The SMILES string of the molecule is CCOC(=O)[C@@H](Cc1ccc2c(c1)CCCC2)NC(=O)N1CCC(n2c(=O)[nH]c3c4ccccc4ncc32)CC1. The molecule has 2 aromatic heterocycles. The Balaban J connectivity index is 1.14. The predicted molar refractivity (Wildman–Crippen MR) is 153 cm³/mol. The lowest BCUT2D eigenvalue weighted by Gasteiger charge is -2.33. The Morgan fingerprint density at radius 2 is 1.88 bits per heavy atom. The number of urea groups is 1. The first-order valence-corrected chi connectivity index (χ1v) is 14.3. The number of esters is 1. The van der Waals surface area contributed by atoms with Crippen LogP contribution in [0, 0.1) is 0 Å². The van der Waals surface area contributed by atoms with Crippen LogP contribution in [0.4, 0.5) is 4.79 Å². The summed E-state index contributed by atoms with van der Waals surface area (Å²) in [6.07, 6.45) is 7.95. The zero-order chi connectivity index (χ0) is 27.6. The van der Waals surface area contributed by atoms with Crippen LogP contribution in [0.15, 0.2) is 53.5 Å². The highest BCUT2D eigenvalue weighted by molar-refractivity contribution is 6.01. The monoisotopic (exact) mass is 541 g/mol. The first kappa shape index (κ1) is 26.1. The molecule has 1 aliphatic heterocycles. The third-order valence-corrected chi connectivity index (χ3v) is 8.30. The van der Waals surface area contributed by atoms with Crippen molar-refractivity contribution in [2.45, 2.75) is 64.0 Å². The van der Waals surface area contributed by atoms with E-state index in [0.29, 0.717) is 32.4 Å². The number of amides is 2. The summed E-state index contributed by atoms with van der Waals surface area (Å²) in [6.45, 7) is 2.98. The molecule has 1 atom stereocenters. The van der Waals surface area contributed by atoms with Gasteiger partial charge in [0, 0.05) is 30.9 Å². The number of carbonyl (C=O) groups is 2. The third-order valence-electron chi connectivity index (χ3n) is 8.30. The number of H-pyrrole nitrogens is 1. The van der Waals surface area contributed by atoms with Crippen LogP contribution < -0.4 is 11.0 Å². The summed E-state index contributed by atoms with van der Waals surface area (Å²) in [6, 6.07) is 13.0. The molecule has 1 saturated heterocycles. The number of hydrogen-bond donors (Lipinski definition) is 2. The summed E-state index contributed by atoms with van der Waals surface area (Å²) in [5.41, 5.74) is 5.99. The number of piperidine rings is 1. The average Bonchev–Trinajstić information content (AvgIpc) is 3.33. The van der Waals surface area contributed by atoms with E-state index >= 15 is 0 Å². The van der Waals surface area contributed by atoms with Crippen LogP contribution in [0.25, 0.3) is 21.9 Å². The molecule has 208 valence electrons. The van der Waals surface area contributed by atoms with Gasteiger partial charge in [0.15, 0.2) is 0 Å². The molecule has 2 aliphatic rings. The van der Waals surface area contributed by atoms with Gasteiger partial charge in [-0.15, -0.1) is 0 Å². The largest absolute Gasteiger partial charge is 0.464 e. The summed E-state index contributed by atoms with van der Waals surface area (Å²) in [4.78, 5) is 48.4. The molecule has 9 heteroatoms. The fourth-order valence-corrected chi connectivity index (χ4v) is 6.24. The van der Waals surface area contributed by atoms with E-state index < -0.39 is 12.0 Å². The second-order valence-corrected chi connectivity index (χ2v) is 10.8. The standard InChI is InChI=1S/C31H35N5O4/c1-2-40-29(37)26(18-20-11-12-21-7-3-4-8-22(21)17-20)33-30(38)35-15-13-23(14-16-35)36-27-19-32-25-10-6-5-9-24(25)28(27)34-31(36)39/h5-6,9-12,17,19,23,26H,2-4,7-8,13-16,18H2,1H3,(H,33,38)(H,34,39)/t26-/m1/s1. The summed E-state index contributed by atoms with van der Waals surface area (Å²) >= 11 is 0. The minimum Gasteiger partial charge on any atom is -0.464 e. The number of ether oxygens (including phenoxy) is 1. The Bertz CT molecular complexity index is 1620. The Kier molecular flexibility index (Phi) is 7.28. The van der Waals surface area contributed by atoms with Gasteiger partial charge < -0.3 is 19.9 Å². The summed E-state index contributed by atoms with van der Waals surface area (Å²) in [7, 11) is 0. The number of hydrogen-bond acceptors (Lipinski definition) is 5. The lowest BCUT2D eigenvalue weighted by molar-refractivity contribution is -0.145. The van der Waals surface area contributed by atoms with Crippen LogP contribution >= 0.6 is 0 Å². The van der Waals surface area contributed by atoms with Crippen molar-refractivity contribution < 1.29 is 14.3 Å². The van der Waals surface area contributed by atoms with Crippen LogP contribution in [0.2, 0.25) is 0 Å². The Labute approximate surface area is 232 Å². The van der Waals surface area contributed by atoms with Crippen molar-refractivity contribution in [3.63, 3.8) is 0 Å². The number of rotatable bonds is 6. The van der Waals surface area contributed by atoms with E-state index in [2.05, 4.69) is 33.5 Å². The van der Waals surface area contributed by atoms with Gasteiger partial charge in [0.1, 0.15) is 6.04 Å². The Hall–Kier alpha value is -4.14. The molecule has 0 radical (unpaired) electrons. The number of aromatic nitrogens is 3. The van der Waals surface area contributed by atoms with Crippen molar-refractivity contribution in [1.29, 1.82) is 0 Å². The zero-order valence-corrected chi connectivity index (χ0v) is 22.8.